The van der Waals surface area contributed by atoms with Gasteiger partial charge in [-0.1, -0.05) is 6.07 Å². The minimum absolute atomic E-state index is 0.0285. The number of benzene rings is 2. The second-order valence-corrected chi connectivity index (χ2v) is 7.20. The number of hydrogen-bond donors (Lipinski definition) is 0. The van der Waals surface area contributed by atoms with Gasteiger partial charge in [0.2, 0.25) is 5.90 Å². The Morgan fingerprint density at radius 2 is 1.82 bits per heavy atom. The highest BCUT2D eigenvalue weighted by Gasteiger charge is 2.25. The molecule has 4 nitrogen and oxygen atoms in total. The molecule has 2 aromatic carbocycles. The van der Waals surface area contributed by atoms with Gasteiger partial charge in [0.15, 0.2) is 5.06 Å². The van der Waals surface area contributed by atoms with Crippen molar-refractivity contribution in [2.45, 2.75) is 13.0 Å². The van der Waals surface area contributed by atoms with Crippen molar-refractivity contribution in [1.29, 1.82) is 0 Å². The van der Waals surface area contributed by atoms with E-state index in [4.69, 9.17) is 14.2 Å². The highest BCUT2D eigenvalue weighted by molar-refractivity contribution is 7.12. The molecule has 4 rings (SSSR count). The number of thiophene rings is 1. The molecule has 28 heavy (non-hydrogen) atoms. The van der Waals surface area contributed by atoms with Crippen LogP contribution in [0.4, 0.5) is 8.78 Å². The van der Waals surface area contributed by atoms with Crippen LogP contribution in [0, 0.1) is 18.6 Å². The van der Waals surface area contributed by atoms with E-state index in [1.165, 1.54) is 18.2 Å². The summed E-state index contributed by atoms with van der Waals surface area (Å²) in [5, 5.41) is 2.86. The van der Waals surface area contributed by atoms with E-state index in [1.54, 1.807) is 23.5 Å². The topological polar surface area (TPSA) is 40.0 Å². The standard InChI is InChI=1S/C21H17F2NO3S/c1-13-9-19(28-12-13)27-16-7-5-15(6-8-16)25-10-14-11-26-21(24-14)20-17(22)3-2-4-18(20)23/h2-9,12,14H,10-11H2,1H3. The molecule has 1 aromatic heterocycles. The largest absolute Gasteiger partial charge is 0.491 e. The Morgan fingerprint density at radius 3 is 2.50 bits per heavy atom. The van der Waals surface area contributed by atoms with Crippen LogP contribution in [-0.4, -0.2) is 25.2 Å². The van der Waals surface area contributed by atoms with Gasteiger partial charge in [-0.2, -0.15) is 0 Å². The number of nitrogens with zero attached hydrogens (tertiary/aromatic N) is 1. The van der Waals surface area contributed by atoms with Crippen molar-refractivity contribution in [3.05, 3.63) is 76.7 Å². The molecule has 0 spiro atoms. The molecule has 0 amide bonds. The van der Waals surface area contributed by atoms with E-state index in [9.17, 15) is 8.78 Å². The normalized spacial score (nSPS) is 15.8. The predicted octanol–water partition coefficient (Wildman–Crippen LogP) is 5.35. The highest BCUT2D eigenvalue weighted by atomic mass is 32.1. The monoisotopic (exact) mass is 401 g/mol. The van der Waals surface area contributed by atoms with Gasteiger partial charge in [0.1, 0.15) is 48.0 Å². The highest BCUT2D eigenvalue weighted by Crippen LogP contribution is 2.29. The van der Waals surface area contributed by atoms with Crippen molar-refractivity contribution >= 4 is 17.2 Å². The predicted molar refractivity (Wildman–Crippen MR) is 104 cm³/mol. The molecule has 1 aliphatic heterocycles. The van der Waals surface area contributed by atoms with Crippen molar-refractivity contribution < 1.29 is 23.0 Å². The molecule has 0 bridgehead atoms. The SMILES string of the molecule is Cc1csc(Oc2ccc(OCC3COC(c4c(F)cccc4F)=N3)cc2)c1. The number of hydrogen-bond acceptors (Lipinski definition) is 5. The van der Waals surface area contributed by atoms with E-state index in [1.807, 2.05) is 30.5 Å². The van der Waals surface area contributed by atoms with Crippen LogP contribution in [0.5, 0.6) is 16.6 Å². The zero-order valence-electron chi connectivity index (χ0n) is 15.0. The van der Waals surface area contributed by atoms with Gasteiger partial charge in [0.05, 0.1) is 0 Å². The Labute approximate surface area is 165 Å². The molecular weight excluding hydrogens is 384 g/mol. The lowest BCUT2D eigenvalue weighted by Gasteiger charge is -2.09. The van der Waals surface area contributed by atoms with Crippen LogP contribution in [0.2, 0.25) is 0 Å². The molecule has 3 aromatic rings. The second kappa shape index (κ2) is 7.98. The molecule has 0 aliphatic carbocycles. The lowest BCUT2D eigenvalue weighted by atomic mass is 10.2. The van der Waals surface area contributed by atoms with Crippen LogP contribution in [0.3, 0.4) is 0 Å². The summed E-state index contributed by atoms with van der Waals surface area (Å²) >= 11 is 1.54. The first-order valence-electron chi connectivity index (χ1n) is 8.69. The zero-order chi connectivity index (χ0) is 19.5. The first-order chi connectivity index (χ1) is 13.6. The average molecular weight is 401 g/mol. The number of halogens is 2. The third kappa shape index (κ3) is 4.14. The van der Waals surface area contributed by atoms with E-state index in [2.05, 4.69) is 4.99 Å². The second-order valence-electron chi connectivity index (χ2n) is 6.32. The molecule has 0 N–H and O–H groups in total. The van der Waals surface area contributed by atoms with Crippen molar-refractivity contribution in [2.75, 3.05) is 13.2 Å². The summed E-state index contributed by atoms with van der Waals surface area (Å²) in [7, 11) is 0. The molecule has 7 heteroatoms. The van der Waals surface area contributed by atoms with Crippen molar-refractivity contribution in [2.24, 2.45) is 4.99 Å². The first-order valence-corrected chi connectivity index (χ1v) is 9.57. The lowest BCUT2D eigenvalue weighted by molar-refractivity contribution is 0.242. The van der Waals surface area contributed by atoms with Crippen molar-refractivity contribution in [3.63, 3.8) is 0 Å². The molecular formula is C21H17F2NO3S. The van der Waals surface area contributed by atoms with Crippen LogP contribution in [0.1, 0.15) is 11.1 Å². The third-order valence-corrected chi connectivity index (χ3v) is 5.00. The maximum Gasteiger partial charge on any atom is 0.222 e. The Balaban J connectivity index is 1.35. The molecule has 144 valence electrons. The maximum atomic E-state index is 13.8. The van der Waals surface area contributed by atoms with E-state index in [0.717, 1.165) is 10.6 Å². The average Bonchev–Trinajstić information content (AvgIpc) is 3.30. The van der Waals surface area contributed by atoms with E-state index >= 15 is 0 Å². The summed E-state index contributed by atoms with van der Waals surface area (Å²) < 4.78 is 44.5. The van der Waals surface area contributed by atoms with E-state index in [-0.39, 0.29) is 30.7 Å². The van der Waals surface area contributed by atoms with Gasteiger partial charge in [-0.25, -0.2) is 13.8 Å². The number of ether oxygens (including phenoxy) is 3. The number of rotatable bonds is 6. The van der Waals surface area contributed by atoms with Crippen molar-refractivity contribution in [3.8, 4) is 16.6 Å². The molecule has 2 heterocycles. The molecule has 1 unspecified atom stereocenters. The fourth-order valence-corrected chi connectivity index (χ4v) is 3.48. The van der Waals surface area contributed by atoms with Crippen LogP contribution in [0.15, 0.2) is 58.9 Å². The smallest absolute Gasteiger partial charge is 0.222 e. The molecule has 0 saturated heterocycles. The minimum Gasteiger partial charge on any atom is -0.491 e. The Hall–Kier alpha value is -2.93. The quantitative estimate of drug-likeness (QED) is 0.559. The summed E-state index contributed by atoms with van der Waals surface area (Å²) in [6.45, 7) is 2.47. The fourth-order valence-electron chi connectivity index (χ4n) is 2.71. The summed E-state index contributed by atoms with van der Waals surface area (Å²) in [6, 6.07) is 12.5. The van der Waals surface area contributed by atoms with Gasteiger partial charge < -0.3 is 14.2 Å². The van der Waals surface area contributed by atoms with Crippen LogP contribution in [0.25, 0.3) is 0 Å². The Bertz CT molecular complexity index is 981. The Kier molecular flexibility index (Phi) is 5.25. The van der Waals surface area contributed by atoms with Gasteiger partial charge in [-0.05, 0) is 60.3 Å². The molecule has 0 radical (unpaired) electrons. The minimum atomic E-state index is -0.697. The third-order valence-electron chi connectivity index (χ3n) is 4.08. The van der Waals surface area contributed by atoms with Crippen molar-refractivity contribution in [1.82, 2.24) is 0 Å². The summed E-state index contributed by atoms with van der Waals surface area (Å²) in [5.41, 5.74) is 0.921. The first kappa shape index (κ1) is 18.4. The molecule has 0 saturated carbocycles. The van der Waals surface area contributed by atoms with Gasteiger partial charge >= 0.3 is 0 Å². The number of aryl methyl sites for hydroxylation is 1. The molecule has 0 fully saturated rings. The molecule has 1 aliphatic rings. The van der Waals surface area contributed by atoms with E-state index < -0.39 is 11.6 Å². The Morgan fingerprint density at radius 1 is 1.11 bits per heavy atom. The summed E-state index contributed by atoms with van der Waals surface area (Å²) in [6.07, 6.45) is 0. The van der Waals surface area contributed by atoms with E-state index in [0.29, 0.717) is 11.5 Å². The van der Waals surface area contributed by atoms with Gasteiger partial charge in [-0.3, -0.25) is 0 Å². The lowest BCUT2D eigenvalue weighted by Crippen LogP contribution is -2.16. The van der Waals surface area contributed by atoms with Gasteiger partial charge in [-0.15, -0.1) is 11.3 Å². The van der Waals surface area contributed by atoms with Crippen LogP contribution in [-0.2, 0) is 4.74 Å². The molecule has 1 atom stereocenters. The van der Waals surface area contributed by atoms with Gasteiger partial charge in [0, 0.05) is 0 Å². The van der Waals surface area contributed by atoms with Gasteiger partial charge in [0.25, 0.3) is 0 Å². The van der Waals surface area contributed by atoms with Crippen LogP contribution >= 0.6 is 11.3 Å². The summed E-state index contributed by atoms with van der Waals surface area (Å²) in [4.78, 5) is 4.24. The zero-order valence-corrected chi connectivity index (χ0v) is 15.8. The fraction of sp³-hybridized carbons (Fsp3) is 0.190. The number of aliphatic imine (C=N–C) groups is 1. The summed E-state index contributed by atoms with van der Waals surface area (Å²) in [5.74, 6) is -0.0583. The van der Waals surface area contributed by atoms with Crippen LogP contribution < -0.4 is 9.47 Å². The maximum absolute atomic E-state index is 13.8.